The van der Waals surface area contributed by atoms with Gasteiger partial charge in [-0.25, -0.2) is 0 Å². The number of nitrogens with zero attached hydrogens (tertiary/aromatic N) is 2. The fourth-order valence-corrected chi connectivity index (χ4v) is 5.29. The molecule has 1 N–H and O–H groups in total. The van der Waals surface area contributed by atoms with E-state index < -0.39 is 11.7 Å². The number of carbonyl (C=O) groups excluding carboxylic acids is 2. The van der Waals surface area contributed by atoms with Gasteiger partial charge in [0.15, 0.2) is 0 Å². The Kier molecular flexibility index (Phi) is 8.02. The molecule has 10 heteroatoms. The van der Waals surface area contributed by atoms with Crippen molar-refractivity contribution in [1.82, 2.24) is 15.1 Å². The Morgan fingerprint density at radius 3 is 2.39 bits per heavy atom. The van der Waals surface area contributed by atoms with Crippen molar-refractivity contribution in [1.29, 1.82) is 0 Å². The van der Waals surface area contributed by atoms with E-state index in [2.05, 4.69) is 26.3 Å². The van der Waals surface area contributed by atoms with Crippen LogP contribution in [0, 0.1) is 11.8 Å². The predicted molar refractivity (Wildman–Crippen MR) is 132 cm³/mol. The molecule has 1 aliphatic carbocycles. The minimum atomic E-state index is -4.38. The molecule has 6 nitrogen and oxygen atoms in total. The maximum Gasteiger partial charge on any atom is 0.416 e. The number of benzene rings is 2. The molecule has 1 heterocycles. The van der Waals surface area contributed by atoms with E-state index in [-0.39, 0.29) is 18.4 Å². The molecular formula is C26H27BrF3N3O3. The van der Waals surface area contributed by atoms with Crippen LogP contribution < -0.4 is 5.32 Å². The van der Waals surface area contributed by atoms with Gasteiger partial charge in [-0.1, -0.05) is 12.1 Å². The van der Waals surface area contributed by atoms with Gasteiger partial charge >= 0.3 is 12.1 Å². The van der Waals surface area contributed by atoms with Crippen LogP contribution in [0.25, 0.3) is 10.9 Å². The summed E-state index contributed by atoms with van der Waals surface area (Å²) in [5.74, 6) is 0.324. The second-order valence-corrected chi connectivity index (χ2v) is 10.1. The van der Waals surface area contributed by atoms with Gasteiger partial charge in [0.2, 0.25) is 0 Å². The van der Waals surface area contributed by atoms with Crippen molar-refractivity contribution in [2.24, 2.45) is 11.8 Å². The van der Waals surface area contributed by atoms with E-state index in [4.69, 9.17) is 4.74 Å². The Labute approximate surface area is 215 Å². The molecule has 1 aromatic heterocycles. The van der Waals surface area contributed by atoms with Crippen molar-refractivity contribution < 1.29 is 27.5 Å². The molecule has 0 bridgehead atoms. The van der Waals surface area contributed by atoms with Gasteiger partial charge in [-0.2, -0.15) is 18.3 Å². The Morgan fingerprint density at radius 2 is 1.75 bits per heavy atom. The van der Waals surface area contributed by atoms with Crippen molar-refractivity contribution in [3.8, 4) is 0 Å². The second kappa shape index (κ2) is 11.0. The van der Waals surface area contributed by atoms with Gasteiger partial charge in [0.05, 0.1) is 36.5 Å². The maximum absolute atomic E-state index is 13.0. The molecule has 0 atom stereocenters. The standard InChI is InChI=1S/C26H27BrF3N3O3/c1-36-23(34)12-16-2-4-17(5-3-16)13-31-25(35)20-10-11-22(27)24-21(20)14-32-33(24)15-18-6-8-19(9-7-18)26(28,29)30/h6-11,14,16-17H,2-5,12-13,15H2,1H3,(H,31,35). The highest BCUT2D eigenvalue weighted by molar-refractivity contribution is 9.10. The van der Waals surface area contributed by atoms with Crippen LogP contribution >= 0.6 is 15.9 Å². The Balaban J connectivity index is 1.41. The number of hydrogen-bond donors (Lipinski definition) is 1. The first-order valence-corrected chi connectivity index (χ1v) is 12.6. The van der Waals surface area contributed by atoms with Crippen LogP contribution in [-0.2, 0) is 22.3 Å². The summed E-state index contributed by atoms with van der Waals surface area (Å²) in [4.78, 5) is 24.5. The predicted octanol–water partition coefficient (Wildman–Crippen LogP) is 5.97. The molecule has 0 unspecified atom stereocenters. The quantitative estimate of drug-likeness (QED) is 0.358. The molecule has 1 amide bonds. The van der Waals surface area contributed by atoms with Crippen LogP contribution in [-0.4, -0.2) is 35.3 Å². The smallest absolute Gasteiger partial charge is 0.416 e. The second-order valence-electron chi connectivity index (χ2n) is 9.23. The maximum atomic E-state index is 13.0. The van der Waals surface area contributed by atoms with E-state index in [1.54, 1.807) is 23.0 Å². The molecular weight excluding hydrogens is 539 g/mol. The van der Waals surface area contributed by atoms with Crippen LogP contribution in [0.1, 0.15) is 53.6 Å². The molecule has 0 spiro atoms. The van der Waals surface area contributed by atoms with Gasteiger partial charge in [-0.15, -0.1) is 0 Å². The highest BCUT2D eigenvalue weighted by Gasteiger charge is 2.30. The van der Waals surface area contributed by atoms with E-state index >= 15 is 0 Å². The number of fused-ring (bicyclic) bond motifs is 1. The summed E-state index contributed by atoms with van der Waals surface area (Å²) in [5.41, 5.74) is 1.16. The highest BCUT2D eigenvalue weighted by Crippen LogP contribution is 2.32. The molecule has 192 valence electrons. The van der Waals surface area contributed by atoms with Gasteiger partial charge in [0.25, 0.3) is 5.91 Å². The third-order valence-electron chi connectivity index (χ3n) is 6.81. The fraction of sp³-hybridized carbons (Fsp3) is 0.423. The number of aromatic nitrogens is 2. The Bertz CT molecular complexity index is 1230. The minimum Gasteiger partial charge on any atom is -0.469 e. The van der Waals surface area contributed by atoms with Crippen molar-refractivity contribution >= 4 is 38.7 Å². The molecule has 2 aromatic carbocycles. The van der Waals surface area contributed by atoms with Crippen LogP contribution in [0.3, 0.4) is 0 Å². The summed E-state index contributed by atoms with van der Waals surface area (Å²) in [5, 5.41) is 8.10. The highest BCUT2D eigenvalue weighted by atomic mass is 79.9. The number of alkyl halides is 3. The summed E-state index contributed by atoms with van der Waals surface area (Å²) in [6.45, 7) is 0.821. The average molecular weight is 566 g/mol. The largest absolute Gasteiger partial charge is 0.469 e. The van der Waals surface area contributed by atoms with Crippen molar-refractivity contribution in [3.63, 3.8) is 0 Å². The lowest BCUT2D eigenvalue weighted by Gasteiger charge is -2.28. The van der Waals surface area contributed by atoms with E-state index in [0.717, 1.165) is 42.3 Å². The van der Waals surface area contributed by atoms with E-state index in [0.29, 0.717) is 46.8 Å². The monoisotopic (exact) mass is 565 g/mol. The molecule has 0 radical (unpaired) electrons. The summed E-state index contributed by atoms with van der Waals surface area (Å²) in [7, 11) is 1.40. The fourth-order valence-electron chi connectivity index (χ4n) is 4.74. The lowest BCUT2D eigenvalue weighted by molar-refractivity contribution is -0.142. The van der Waals surface area contributed by atoms with Gasteiger partial charge < -0.3 is 10.1 Å². The van der Waals surface area contributed by atoms with Gasteiger partial charge in [-0.3, -0.25) is 14.3 Å². The Hall–Kier alpha value is -2.88. The zero-order chi connectivity index (χ0) is 25.9. The number of rotatable bonds is 7. The topological polar surface area (TPSA) is 73.2 Å². The molecule has 36 heavy (non-hydrogen) atoms. The number of esters is 1. The van der Waals surface area contributed by atoms with Gasteiger partial charge in [0.1, 0.15) is 0 Å². The van der Waals surface area contributed by atoms with Gasteiger partial charge in [-0.05, 0) is 83.3 Å². The SMILES string of the molecule is COC(=O)CC1CCC(CNC(=O)c2ccc(Br)c3c2cnn3Cc2ccc(C(F)(F)F)cc2)CC1. The normalized spacial score (nSPS) is 18.2. The number of ether oxygens (including phenoxy) is 1. The van der Waals surface area contributed by atoms with E-state index in [1.165, 1.54) is 19.2 Å². The zero-order valence-electron chi connectivity index (χ0n) is 19.8. The first-order chi connectivity index (χ1) is 17.2. The molecule has 3 aromatic rings. The summed E-state index contributed by atoms with van der Waals surface area (Å²) in [6, 6.07) is 8.48. The summed E-state index contributed by atoms with van der Waals surface area (Å²) >= 11 is 3.52. The summed E-state index contributed by atoms with van der Waals surface area (Å²) in [6.07, 6.45) is 1.44. The number of hydrogen-bond acceptors (Lipinski definition) is 4. The average Bonchev–Trinajstić information content (AvgIpc) is 3.27. The lowest BCUT2D eigenvalue weighted by atomic mass is 9.80. The van der Waals surface area contributed by atoms with Crippen LogP contribution in [0.5, 0.6) is 0 Å². The number of halogens is 4. The minimum absolute atomic E-state index is 0.176. The molecule has 1 saturated carbocycles. The third kappa shape index (κ3) is 6.08. The van der Waals surface area contributed by atoms with E-state index in [1.807, 2.05) is 0 Å². The molecule has 1 fully saturated rings. The van der Waals surface area contributed by atoms with Crippen LogP contribution in [0.4, 0.5) is 13.2 Å². The molecule has 4 rings (SSSR count). The first kappa shape index (κ1) is 26.2. The van der Waals surface area contributed by atoms with Gasteiger partial charge in [0, 0.05) is 22.8 Å². The molecule has 1 aliphatic rings. The van der Waals surface area contributed by atoms with Crippen LogP contribution in [0.15, 0.2) is 47.1 Å². The zero-order valence-corrected chi connectivity index (χ0v) is 21.4. The van der Waals surface area contributed by atoms with Crippen molar-refractivity contribution in [2.75, 3.05) is 13.7 Å². The van der Waals surface area contributed by atoms with E-state index in [9.17, 15) is 22.8 Å². The lowest BCUT2D eigenvalue weighted by Crippen LogP contribution is -2.31. The third-order valence-corrected chi connectivity index (χ3v) is 7.45. The molecule has 0 saturated heterocycles. The number of carbonyl (C=O) groups is 2. The molecule has 0 aliphatic heterocycles. The first-order valence-electron chi connectivity index (χ1n) is 11.8. The van der Waals surface area contributed by atoms with Crippen molar-refractivity contribution in [2.45, 2.75) is 44.8 Å². The Morgan fingerprint density at radius 1 is 1.08 bits per heavy atom. The van der Waals surface area contributed by atoms with Crippen molar-refractivity contribution in [3.05, 3.63) is 63.8 Å². The number of methoxy groups -OCH3 is 1. The number of nitrogens with one attached hydrogen (secondary N) is 1. The number of amides is 1. The van der Waals surface area contributed by atoms with Crippen LogP contribution in [0.2, 0.25) is 0 Å². The summed E-state index contributed by atoms with van der Waals surface area (Å²) < 4.78 is 45.7.